The lowest BCUT2D eigenvalue weighted by Gasteiger charge is -2.40. The molecule has 1 aliphatic heterocycles. The van der Waals surface area contributed by atoms with Gasteiger partial charge >= 0.3 is 0 Å². The lowest BCUT2D eigenvalue weighted by Crippen LogP contribution is -2.52. The van der Waals surface area contributed by atoms with Crippen molar-refractivity contribution < 1.29 is 4.79 Å². The van der Waals surface area contributed by atoms with Crippen LogP contribution in [-0.2, 0) is 15.7 Å². The van der Waals surface area contributed by atoms with Crippen LogP contribution in [0.5, 0.6) is 0 Å². The Hall–Kier alpha value is -3.65. The van der Waals surface area contributed by atoms with E-state index in [1.165, 1.54) is 16.2 Å². The third kappa shape index (κ3) is 3.78. The number of nitrogens with two attached hydrogens (primary N) is 1. The Balaban J connectivity index is 1.58. The zero-order valence-corrected chi connectivity index (χ0v) is 20.8. The summed E-state index contributed by atoms with van der Waals surface area (Å²) in [6.07, 6.45) is 1.73. The van der Waals surface area contributed by atoms with Gasteiger partial charge in [-0.05, 0) is 71.7 Å². The first-order valence-corrected chi connectivity index (χ1v) is 12.4. The van der Waals surface area contributed by atoms with Crippen molar-refractivity contribution in [1.29, 1.82) is 10.5 Å². The van der Waals surface area contributed by atoms with Crippen LogP contribution < -0.4 is 5.73 Å². The van der Waals surface area contributed by atoms with Gasteiger partial charge in [-0.1, -0.05) is 35.9 Å². The van der Waals surface area contributed by atoms with Crippen molar-refractivity contribution in [2.75, 3.05) is 7.05 Å². The zero-order valence-electron chi connectivity index (χ0n) is 19.2. The van der Waals surface area contributed by atoms with Crippen molar-refractivity contribution in [2.45, 2.75) is 36.6 Å². The molecule has 0 radical (unpaired) electrons. The SMILES string of the molecule is CN1C(=O)[C@H](c2ccc(C3(C#N)CC3)cc2)[C@@](C)(c2cc(-c3cc(Cl)cc(C#N)c3)cs2)N=C1N. The number of thiophene rings is 1. The van der Waals surface area contributed by atoms with E-state index in [0.717, 1.165) is 40.0 Å². The van der Waals surface area contributed by atoms with Gasteiger partial charge in [-0.2, -0.15) is 10.5 Å². The smallest absolute Gasteiger partial charge is 0.239 e. The molecule has 2 aliphatic rings. The van der Waals surface area contributed by atoms with Crippen LogP contribution in [-0.4, -0.2) is 23.8 Å². The minimum Gasteiger partial charge on any atom is -0.369 e. The van der Waals surface area contributed by atoms with Gasteiger partial charge in [0.25, 0.3) is 0 Å². The van der Waals surface area contributed by atoms with Crippen molar-refractivity contribution in [3.05, 3.63) is 80.5 Å². The average molecular weight is 500 g/mol. The summed E-state index contributed by atoms with van der Waals surface area (Å²) in [7, 11) is 1.63. The molecule has 2 aromatic carbocycles. The number of rotatable bonds is 4. The highest BCUT2D eigenvalue weighted by atomic mass is 35.5. The first kappa shape index (κ1) is 23.1. The molecular weight excluding hydrogens is 478 g/mol. The fourth-order valence-corrected chi connectivity index (χ4v) is 6.04. The minimum atomic E-state index is -0.929. The average Bonchev–Trinajstić information content (AvgIpc) is 3.49. The highest BCUT2D eigenvalue weighted by molar-refractivity contribution is 7.10. The second-order valence-electron chi connectivity index (χ2n) is 9.30. The van der Waals surface area contributed by atoms with Gasteiger partial charge in [-0.25, -0.2) is 4.99 Å². The summed E-state index contributed by atoms with van der Waals surface area (Å²) in [5.41, 5.74) is 8.86. The van der Waals surface area contributed by atoms with Gasteiger partial charge in [-0.3, -0.25) is 9.69 Å². The molecule has 0 bridgehead atoms. The number of hydrogen-bond donors (Lipinski definition) is 1. The molecule has 0 saturated heterocycles. The number of aliphatic imine (C=N–C) groups is 1. The summed E-state index contributed by atoms with van der Waals surface area (Å²) in [5.74, 6) is -0.568. The number of hydrogen-bond acceptors (Lipinski definition) is 6. The molecule has 2 N–H and O–H groups in total. The fourth-order valence-electron chi connectivity index (χ4n) is 4.75. The summed E-state index contributed by atoms with van der Waals surface area (Å²) >= 11 is 7.71. The summed E-state index contributed by atoms with van der Waals surface area (Å²) < 4.78 is 0. The Morgan fingerprint density at radius 2 is 1.86 bits per heavy atom. The Bertz CT molecular complexity index is 1460. The molecule has 35 heavy (non-hydrogen) atoms. The van der Waals surface area contributed by atoms with Crippen LogP contribution in [0.15, 0.2) is 58.9 Å². The maximum Gasteiger partial charge on any atom is 0.239 e. The second kappa shape index (κ2) is 8.23. The molecule has 6 nitrogen and oxygen atoms in total. The van der Waals surface area contributed by atoms with Gasteiger partial charge in [0.2, 0.25) is 5.91 Å². The van der Waals surface area contributed by atoms with E-state index >= 15 is 0 Å². The summed E-state index contributed by atoms with van der Waals surface area (Å²) in [4.78, 5) is 20.6. The predicted octanol–water partition coefficient (Wildman–Crippen LogP) is 5.28. The molecule has 1 amide bonds. The molecule has 8 heteroatoms. The number of nitrogens with zero attached hydrogens (tertiary/aromatic N) is 4. The quantitative estimate of drug-likeness (QED) is 0.526. The van der Waals surface area contributed by atoms with Crippen molar-refractivity contribution in [2.24, 2.45) is 10.7 Å². The van der Waals surface area contributed by atoms with Crippen molar-refractivity contribution in [3.8, 4) is 23.3 Å². The molecule has 1 fully saturated rings. The van der Waals surface area contributed by atoms with E-state index < -0.39 is 11.5 Å². The Morgan fingerprint density at radius 1 is 1.14 bits per heavy atom. The van der Waals surface area contributed by atoms with Gasteiger partial charge in [0, 0.05) is 16.9 Å². The molecule has 1 aliphatic carbocycles. The lowest BCUT2D eigenvalue weighted by atomic mass is 9.77. The molecule has 5 rings (SSSR count). The molecule has 0 spiro atoms. The fraction of sp³-hybridized carbons (Fsp3) is 0.259. The molecular formula is C27H22ClN5OS. The van der Waals surface area contributed by atoms with Gasteiger partial charge in [0.15, 0.2) is 5.96 Å². The zero-order chi connectivity index (χ0) is 25.0. The number of guanidine groups is 1. The van der Waals surface area contributed by atoms with Gasteiger partial charge in [0.1, 0.15) is 5.54 Å². The number of carbonyl (C=O) groups excluding carboxylic acids is 1. The largest absolute Gasteiger partial charge is 0.369 e. The number of halogens is 1. The molecule has 2 heterocycles. The Labute approximate surface area is 212 Å². The van der Waals surface area contributed by atoms with E-state index in [-0.39, 0.29) is 17.3 Å². The van der Waals surface area contributed by atoms with Crippen LogP contribution in [0.25, 0.3) is 11.1 Å². The van der Waals surface area contributed by atoms with E-state index in [9.17, 15) is 15.3 Å². The molecule has 1 saturated carbocycles. The van der Waals surface area contributed by atoms with Gasteiger partial charge in [-0.15, -0.1) is 11.3 Å². The first-order chi connectivity index (χ1) is 16.7. The number of nitriles is 2. The van der Waals surface area contributed by atoms with Crippen molar-refractivity contribution >= 4 is 34.8 Å². The minimum absolute atomic E-state index is 0.140. The maximum atomic E-state index is 13.5. The number of benzene rings is 2. The molecule has 0 unspecified atom stereocenters. The highest BCUT2D eigenvalue weighted by Gasteiger charge is 2.49. The second-order valence-corrected chi connectivity index (χ2v) is 10.7. The summed E-state index contributed by atoms with van der Waals surface area (Å²) in [6.45, 7) is 1.93. The third-order valence-corrected chi connectivity index (χ3v) is 8.42. The Kier molecular flexibility index (Phi) is 5.44. The lowest BCUT2D eigenvalue weighted by molar-refractivity contribution is -0.130. The van der Waals surface area contributed by atoms with E-state index in [1.54, 1.807) is 19.2 Å². The van der Waals surface area contributed by atoms with Crippen LogP contribution in [0.1, 0.15) is 47.3 Å². The summed E-state index contributed by atoms with van der Waals surface area (Å²) in [6, 6.07) is 19.5. The predicted molar refractivity (Wildman–Crippen MR) is 137 cm³/mol. The normalized spacial score (nSPS) is 22.8. The highest BCUT2D eigenvalue weighted by Crippen LogP contribution is 2.50. The number of amides is 1. The van der Waals surface area contributed by atoms with Crippen LogP contribution in [0.4, 0.5) is 0 Å². The number of carbonyl (C=O) groups is 1. The standard InChI is InChI=1S/C27H22ClN5OS/c1-26(22-12-19(14-35-22)18-9-16(13-29)10-21(28)11-18)23(24(34)33(2)25(31)32-26)17-3-5-20(6-4-17)27(15-30)7-8-27/h3-6,9-12,14,23H,7-8H2,1-2H3,(H2,31,32)/t23-,26+/m0/s1. The topological polar surface area (TPSA) is 106 Å². The van der Waals surface area contributed by atoms with Crippen LogP contribution in [0, 0.1) is 22.7 Å². The molecule has 1 aromatic heterocycles. The van der Waals surface area contributed by atoms with E-state index in [2.05, 4.69) is 12.1 Å². The van der Waals surface area contributed by atoms with E-state index in [0.29, 0.717) is 10.6 Å². The van der Waals surface area contributed by atoms with Crippen LogP contribution in [0.2, 0.25) is 5.02 Å². The molecule has 3 aromatic rings. The van der Waals surface area contributed by atoms with Crippen molar-refractivity contribution in [3.63, 3.8) is 0 Å². The van der Waals surface area contributed by atoms with Crippen LogP contribution >= 0.6 is 22.9 Å². The maximum absolute atomic E-state index is 13.5. The van der Waals surface area contributed by atoms with Gasteiger partial charge in [0.05, 0.1) is 29.0 Å². The monoisotopic (exact) mass is 499 g/mol. The first-order valence-electron chi connectivity index (χ1n) is 11.2. The molecule has 2 atom stereocenters. The number of likely N-dealkylation sites (N-methyl/N-ethyl adjacent to an activating group) is 1. The van der Waals surface area contributed by atoms with Crippen LogP contribution in [0.3, 0.4) is 0 Å². The van der Waals surface area contributed by atoms with Gasteiger partial charge < -0.3 is 5.73 Å². The molecule has 174 valence electrons. The van der Waals surface area contributed by atoms with E-state index in [1.807, 2.05) is 48.7 Å². The Morgan fingerprint density at radius 3 is 2.49 bits per heavy atom. The van der Waals surface area contributed by atoms with E-state index in [4.69, 9.17) is 22.3 Å². The van der Waals surface area contributed by atoms with Crippen molar-refractivity contribution in [1.82, 2.24) is 4.90 Å². The summed E-state index contributed by atoms with van der Waals surface area (Å²) in [5, 5.41) is 21.3. The third-order valence-electron chi connectivity index (χ3n) is 7.05.